The van der Waals surface area contributed by atoms with Gasteiger partial charge in [-0.1, -0.05) is 60.1 Å². The van der Waals surface area contributed by atoms with E-state index in [0.717, 1.165) is 5.56 Å². The van der Waals surface area contributed by atoms with Crippen molar-refractivity contribution in [2.75, 3.05) is 26.2 Å². The monoisotopic (exact) mass is 475 g/mol. The van der Waals surface area contributed by atoms with Crippen LogP contribution in [-0.2, 0) is 16.7 Å². The molecule has 2 aromatic carbocycles. The van der Waals surface area contributed by atoms with Crippen molar-refractivity contribution < 1.29 is 8.42 Å². The van der Waals surface area contributed by atoms with Crippen LogP contribution in [0.5, 0.6) is 0 Å². The summed E-state index contributed by atoms with van der Waals surface area (Å²) < 4.78 is 29.5. The van der Waals surface area contributed by atoms with E-state index in [0.29, 0.717) is 43.4 Å². The molecule has 0 atom stereocenters. The SMILES string of the molecule is O=S(=O)(c1ccccc1Cl)N1CCN(Cn2[nH]c(/C=C/c3ccccc3)nc2=S)CC1. The summed E-state index contributed by atoms with van der Waals surface area (Å²) in [4.78, 5) is 6.67. The second-order valence-corrected chi connectivity index (χ2v) is 9.84. The minimum atomic E-state index is -3.61. The summed E-state index contributed by atoms with van der Waals surface area (Å²) in [6.07, 6.45) is 3.85. The van der Waals surface area contributed by atoms with Gasteiger partial charge in [0.05, 0.1) is 11.7 Å². The van der Waals surface area contributed by atoms with Crippen molar-refractivity contribution in [1.82, 2.24) is 24.0 Å². The summed E-state index contributed by atoms with van der Waals surface area (Å²) >= 11 is 11.5. The number of benzene rings is 2. The Kier molecular flexibility index (Phi) is 6.68. The van der Waals surface area contributed by atoms with Crippen LogP contribution in [0.4, 0.5) is 0 Å². The highest BCUT2D eigenvalue weighted by atomic mass is 35.5. The highest BCUT2D eigenvalue weighted by Gasteiger charge is 2.30. The van der Waals surface area contributed by atoms with E-state index >= 15 is 0 Å². The molecule has 2 heterocycles. The zero-order valence-corrected chi connectivity index (χ0v) is 19.1. The fourth-order valence-electron chi connectivity index (χ4n) is 3.39. The highest BCUT2D eigenvalue weighted by molar-refractivity contribution is 7.89. The van der Waals surface area contributed by atoms with Crippen molar-refractivity contribution in [2.45, 2.75) is 11.6 Å². The maximum Gasteiger partial charge on any atom is 0.244 e. The molecule has 1 aliphatic rings. The van der Waals surface area contributed by atoms with Gasteiger partial charge in [-0.05, 0) is 36.0 Å². The second kappa shape index (κ2) is 9.46. The number of nitrogens with one attached hydrogen (secondary N) is 1. The number of rotatable bonds is 6. The van der Waals surface area contributed by atoms with Crippen molar-refractivity contribution >= 4 is 46.0 Å². The molecule has 4 rings (SSSR count). The third-order valence-corrected chi connectivity index (χ3v) is 7.77. The normalized spacial score (nSPS) is 16.2. The zero-order valence-electron chi connectivity index (χ0n) is 16.7. The Balaban J connectivity index is 1.38. The molecule has 0 spiro atoms. The van der Waals surface area contributed by atoms with Gasteiger partial charge in [0.15, 0.2) is 0 Å². The third kappa shape index (κ3) is 5.13. The molecule has 1 N–H and O–H groups in total. The summed E-state index contributed by atoms with van der Waals surface area (Å²) in [7, 11) is -3.61. The first-order chi connectivity index (χ1) is 14.9. The van der Waals surface area contributed by atoms with Crippen molar-refractivity contribution in [3.05, 3.63) is 75.8 Å². The van der Waals surface area contributed by atoms with Gasteiger partial charge in [0.2, 0.25) is 14.8 Å². The van der Waals surface area contributed by atoms with E-state index in [4.69, 9.17) is 23.8 Å². The maximum atomic E-state index is 12.9. The van der Waals surface area contributed by atoms with Crippen LogP contribution in [0.15, 0.2) is 59.5 Å². The van der Waals surface area contributed by atoms with Crippen molar-refractivity contribution in [3.63, 3.8) is 0 Å². The molecular weight excluding hydrogens is 454 g/mol. The Morgan fingerprint density at radius 3 is 2.39 bits per heavy atom. The number of halogens is 1. The van der Waals surface area contributed by atoms with Gasteiger partial charge < -0.3 is 0 Å². The molecule has 0 amide bonds. The molecule has 1 aromatic heterocycles. The fraction of sp³-hybridized carbons (Fsp3) is 0.238. The summed E-state index contributed by atoms with van der Waals surface area (Å²) in [5.74, 6) is 0.675. The van der Waals surface area contributed by atoms with Crippen LogP contribution in [-0.4, -0.2) is 58.6 Å². The van der Waals surface area contributed by atoms with Crippen LogP contribution in [0.25, 0.3) is 12.2 Å². The van der Waals surface area contributed by atoms with E-state index in [1.807, 2.05) is 42.5 Å². The van der Waals surface area contributed by atoms with Crippen LogP contribution in [0, 0.1) is 4.77 Å². The van der Waals surface area contributed by atoms with Gasteiger partial charge >= 0.3 is 0 Å². The van der Waals surface area contributed by atoms with E-state index in [-0.39, 0.29) is 9.92 Å². The topological polar surface area (TPSA) is 74.2 Å². The number of hydrogen-bond donors (Lipinski definition) is 1. The molecular formula is C21H22ClN5O2S2. The quantitative estimate of drug-likeness (QED) is 0.550. The first-order valence-electron chi connectivity index (χ1n) is 9.80. The lowest BCUT2D eigenvalue weighted by atomic mass is 10.2. The van der Waals surface area contributed by atoms with Crippen LogP contribution >= 0.6 is 23.8 Å². The fourth-order valence-corrected chi connectivity index (χ4v) is 5.51. The molecule has 1 fully saturated rings. The van der Waals surface area contributed by atoms with Gasteiger partial charge in [-0.25, -0.2) is 13.1 Å². The van der Waals surface area contributed by atoms with Gasteiger partial charge in [0.25, 0.3) is 0 Å². The average Bonchev–Trinajstić information content (AvgIpc) is 3.13. The van der Waals surface area contributed by atoms with E-state index in [2.05, 4.69) is 15.0 Å². The Hall–Kier alpha value is -2.30. The molecule has 10 heteroatoms. The van der Waals surface area contributed by atoms with Crippen molar-refractivity contribution in [2.24, 2.45) is 0 Å². The number of hydrogen-bond acceptors (Lipinski definition) is 5. The Morgan fingerprint density at radius 1 is 1.00 bits per heavy atom. The Morgan fingerprint density at radius 2 is 1.68 bits per heavy atom. The first kappa shape index (κ1) is 21.9. The van der Waals surface area contributed by atoms with Gasteiger partial charge in [-0.3, -0.25) is 10.00 Å². The van der Waals surface area contributed by atoms with E-state index in [9.17, 15) is 8.42 Å². The molecule has 162 valence electrons. The molecule has 0 aliphatic carbocycles. The average molecular weight is 476 g/mol. The van der Waals surface area contributed by atoms with E-state index in [1.54, 1.807) is 28.9 Å². The predicted octanol–water partition coefficient (Wildman–Crippen LogP) is 3.73. The number of aromatic nitrogens is 3. The van der Waals surface area contributed by atoms with Crippen LogP contribution < -0.4 is 0 Å². The largest absolute Gasteiger partial charge is 0.282 e. The van der Waals surface area contributed by atoms with Crippen molar-refractivity contribution in [3.8, 4) is 0 Å². The van der Waals surface area contributed by atoms with Crippen LogP contribution in [0.2, 0.25) is 5.02 Å². The molecule has 0 unspecified atom stereocenters. The van der Waals surface area contributed by atoms with Crippen molar-refractivity contribution in [1.29, 1.82) is 0 Å². The van der Waals surface area contributed by atoms with E-state index < -0.39 is 10.0 Å². The number of piperazine rings is 1. The zero-order chi connectivity index (χ0) is 21.8. The molecule has 7 nitrogen and oxygen atoms in total. The van der Waals surface area contributed by atoms with Gasteiger partial charge in [-0.15, -0.1) is 0 Å². The Bertz CT molecular complexity index is 1230. The molecule has 1 saturated heterocycles. The molecule has 0 radical (unpaired) electrons. The Labute approximate surface area is 191 Å². The van der Waals surface area contributed by atoms with Gasteiger partial charge in [0.1, 0.15) is 10.7 Å². The first-order valence-corrected chi connectivity index (χ1v) is 12.0. The summed E-state index contributed by atoms with van der Waals surface area (Å²) in [6, 6.07) is 16.5. The molecule has 31 heavy (non-hydrogen) atoms. The molecule has 0 saturated carbocycles. The lowest BCUT2D eigenvalue weighted by Gasteiger charge is -2.33. The number of aromatic amines is 1. The van der Waals surface area contributed by atoms with Crippen LogP contribution in [0.1, 0.15) is 11.4 Å². The summed E-state index contributed by atoms with van der Waals surface area (Å²) in [6.45, 7) is 2.45. The number of nitrogens with zero attached hydrogens (tertiary/aromatic N) is 4. The highest BCUT2D eigenvalue weighted by Crippen LogP contribution is 2.25. The molecule has 0 bridgehead atoms. The maximum absolute atomic E-state index is 12.9. The molecule has 1 aliphatic heterocycles. The number of H-pyrrole nitrogens is 1. The minimum absolute atomic E-state index is 0.149. The van der Waals surface area contributed by atoms with Gasteiger partial charge in [-0.2, -0.15) is 9.29 Å². The van der Waals surface area contributed by atoms with Crippen LogP contribution in [0.3, 0.4) is 0 Å². The molecule has 3 aromatic rings. The number of sulfonamides is 1. The van der Waals surface area contributed by atoms with E-state index in [1.165, 1.54) is 4.31 Å². The lowest BCUT2D eigenvalue weighted by Crippen LogP contribution is -2.49. The standard InChI is InChI=1S/C21H22ClN5O2S2/c22-18-8-4-5-9-19(18)31(28,29)26-14-12-25(13-15-26)16-27-21(30)23-20(24-27)11-10-17-6-2-1-3-7-17/h1-11H,12-16H2,(H,23,24,30)/b11-10+. The minimum Gasteiger partial charge on any atom is -0.282 e. The third-order valence-electron chi connectivity index (χ3n) is 5.06. The van der Waals surface area contributed by atoms with Gasteiger partial charge in [0, 0.05) is 26.2 Å². The summed E-state index contributed by atoms with van der Waals surface area (Å²) in [5.41, 5.74) is 1.08. The predicted molar refractivity (Wildman–Crippen MR) is 125 cm³/mol. The second-order valence-electron chi connectivity index (χ2n) is 7.16. The summed E-state index contributed by atoms with van der Waals surface area (Å²) in [5, 5.41) is 3.44. The lowest BCUT2D eigenvalue weighted by molar-refractivity contribution is 0.145. The smallest absolute Gasteiger partial charge is 0.244 e.